The normalized spacial score (nSPS) is 23.6. The minimum Gasteiger partial charge on any atom is -0.481 e. The van der Waals surface area contributed by atoms with Crippen LogP contribution in [0.25, 0.3) is 0 Å². The highest BCUT2D eigenvalue weighted by atomic mass is 16.4. The zero-order valence-electron chi connectivity index (χ0n) is 11.1. The Morgan fingerprint density at radius 3 is 2.67 bits per heavy atom. The number of amides is 2. The van der Waals surface area contributed by atoms with E-state index in [1.165, 1.54) is 0 Å². The fourth-order valence-electron chi connectivity index (χ4n) is 2.13. The molecule has 0 aliphatic carbocycles. The minimum atomic E-state index is -0.822. The largest absolute Gasteiger partial charge is 0.481 e. The van der Waals surface area contributed by atoms with Gasteiger partial charge in [-0.2, -0.15) is 0 Å². The van der Waals surface area contributed by atoms with E-state index >= 15 is 0 Å². The number of urea groups is 1. The lowest BCUT2D eigenvalue weighted by molar-refractivity contribution is -0.143. The molecular weight excluding hydrogens is 232 g/mol. The lowest BCUT2D eigenvalue weighted by Gasteiger charge is -2.34. The molecule has 2 N–H and O–H groups in total. The van der Waals surface area contributed by atoms with Crippen LogP contribution in [0.1, 0.15) is 26.7 Å². The van der Waals surface area contributed by atoms with Crippen LogP contribution >= 0.6 is 0 Å². The third-order valence-electron chi connectivity index (χ3n) is 3.29. The molecule has 1 rings (SSSR count). The predicted octanol–water partition coefficient (Wildman–Crippen LogP) is 1.70. The molecule has 5 heteroatoms. The average Bonchev–Trinajstić information content (AvgIpc) is 2.34. The zero-order valence-corrected chi connectivity index (χ0v) is 11.1. The number of likely N-dealkylation sites (tertiary alicyclic amines) is 1. The summed E-state index contributed by atoms with van der Waals surface area (Å²) in [5.41, 5.74) is 0.961. The molecule has 0 radical (unpaired) electrons. The van der Waals surface area contributed by atoms with Crippen molar-refractivity contribution < 1.29 is 14.7 Å². The zero-order chi connectivity index (χ0) is 13.7. The smallest absolute Gasteiger partial charge is 0.317 e. The van der Waals surface area contributed by atoms with Gasteiger partial charge in [0.15, 0.2) is 0 Å². The second-order valence-corrected chi connectivity index (χ2v) is 5.04. The first kappa shape index (κ1) is 14.5. The Kier molecular flexibility index (Phi) is 5.19. The van der Waals surface area contributed by atoms with Gasteiger partial charge < -0.3 is 15.3 Å². The molecule has 1 saturated heterocycles. The summed E-state index contributed by atoms with van der Waals surface area (Å²) >= 11 is 0. The van der Waals surface area contributed by atoms with Crippen molar-refractivity contribution in [2.24, 2.45) is 11.8 Å². The number of hydrogen-bond acceptors (Lipinski definition) is 2. The van der Waals surface area contributed by atoms with Crippen molar-refractivity contribution in [2.75, 3.05) is 19.6 Å². The van der Waals surface area contributed by atoms with E-state index in [1.54, 1.807) is 4.90 Å². The monoisotopic (exact) mass is 254 g/mol. The fourth-order valence-corrected chi connectivity index (χ4v) is 2.13. The van der Waals surface area contributed by atoms with Crippen LogP contribution in [0.3, 0.4) is 0 Å². The third kappa shape index (κ3) is 4.05. The summed E-state index contributed by atoms with van der Waals surface area (Å²) in [4.78, 5) is 24.5. The molecule has 2 atom stereocenters. The highest BCUT2D eigenvalue weighted by molar-refractivity contribution is 5.76. The van der Waals surface area contributed by atoms with Crippen LogP contribution in [0.5, 0.6) is 0 Å². The van der Waals surface area contributed by atoms with E-state index in [1.807, 2.05) is 13.8 Å². The first-order chi connectivity index (χ1) is 8.43. The average molecular weight is 254 g/mol. The highest BCUT2D eigenvalue weighted by Crippen LogP contribution is 2.21. The van der Waals surface area contributed by atoms with Gasteiger partial charge in [0.1, 0.15) is 0 Å². The van der Waals surface area contributed by atoms with Crippen molar-refractivity contribution in [1.82, 2.24) is 10.2 Å². The van der Waals surface area contributed by atoms with Crippen LogP contribution in [0.15, 0.2) is 12.2 Å². The van der Waals surface area contributed by atoms with Gasteiger partial charge in [0, 0.05) is 19.6 Å². The molecule has 1 aliphatic heterocycles. The maximum atomic E-state index is 11.9. The SMILES string of the molecule is C=C(CC)CNC(=O)N1CC(C)CC(C(=O)O)C1. The van der Waals surface area contributed by atoms with Gasteiger partial charge in [0.05, 0.1) is 5.92 Å². The molecular formula is C13H22N2O3. The van der Waals surface area contributed by atoms with Crippen molar-refractivity contribution in [3.63, 3.8) is 0 Å². The maximum absolute atomic E-state index is 11.9. The van der Waals surface area contributed by atoms with Crippen molar-refractivity contribution in [3.8, 4) is 0 Å². The van der Waals surface area contributed by atoms with Gasteiger partial charge in [-0.05, 0) is 18.8 Å². The molecule has 1 heterocycles. The molecule has 0 aromatic heterocycles. The number of carboxylic acids is 1. The number of rotatable bonds is 4. The number of carbonyl (C=O) groups is 2. The number of carboxylic acid groups (broad SMARTS) is 1. The molecule has 0 aromatic carbocycles. The van der Waals surface area contributed by atoms with E-state index < -0.39 is 11.9 Å². The van der Waals surface area contributed by atoms with E-state index in [9.17, 15) is 9.59 Å². The molecule has 0 saturated carbocycles. The molecule has 0 spiro atoms. The van der Waals surface area contributed by atoms with E-state index in [2.05, 4.69) is 11.9 Å². The van der Waals surface area contributed by atoms with Crippen molar-refractivity contribution in [2.45, 2.75) is 26.7 Å². The molecule has 102 valence electrons. The first-order valence-electron chi connectivity index (χ1n) is 6.36. The lowest BCUT2D eigenvalue weighted by Crippen LogP contribution is -2.49. The second-order valence-electron chi connectivity index (χ2n) is 5.04. The van der Waals surface area contributed by atoms with Gasteiger partial charge in [-0.3, -0.25) is 4.79 Å². The Morgan fingerprint density at radius 2 is 2.11 bits per heavy atom. The Labute approximate surface area is 108 Å². The van der Waals surface area contributed by atoms with E-state index in [0.717, 1.165) is 12.0 Å². The summed E-state index contributed by atoms with van der Waals surface area (Å²) in [5, 5.41) is 11.8. The minimum absolute atomic E-state index is 0.192. The Balaban J connectivity index is 2.51. The van der Waals surface area contributed by atoms with Crippen LogP contribution in [-0.4, -0.2) is 41.6 Å². The summed E-state index contributed by atoms with van der Waals surface area (Å²) < 4.78 is 0. The molecule has 2 amide bonds. The standard InChI is InChI=1S/C13H22N2O3/c1-4-9(2)6-14-13(18)15-7-10(3)5-11(8-15)12(16)17/h10-11H,2,4-8H2,1,3H3,(H,14,18)(H,16,17). The van der Waals surface area contributed by atoms with Gasteiger partial charge in [-0.15, -0.1) is 0 Å². The lowest BCUT2D eigenvalue weighted by atomic mass is 9.91. The molecule has 18 heavy (non-hydrogen) atoms. The van der Waals surface area contributed by atoms with E-state index in [4.69, 9.17) is 5.11 Å². The first-order valence-corrected chi connectivity index (χ1v) is 6.36. The number of nitrogens with zero attached hydrogens (tertiary/aromatic N) is 1. The van der Waals surface area contributed by atoms with Gasteiger partial charge in [-0.1, -0.05) is 26.0 Å². The summed E-state index contributed by atoms with van der Waals surface area (Å²) in [6.07, 6.45) is 1.47. The third-order valence-corrected chi connectivity index (χ3v) is 3.29. The fraction of sp³-hybridized carbons (Fsp3) is 0.692. The number of aliphatic carboxylic acids is 1. The van der Waals surface area contributed by atoms with Crippen LogP contribution in [0.4, 0.5) is 4.79 Å². The Morgan fingerprint density at radius 1 is 1.44 bits per heavy atom. The highest BCUT2D eigenvalue weighted by Gasteiger charge is 2.31. The summed E-state index contributed by atoms with van der Waals surface area (Å²) in [5.74, 6) is -1.05. The Bertz CT molecular complexity index is 341. The number of carbonyl (C=O) groups excluding carboxylic acids is 1. The van der Waals surface area contributed by atoms with Gasteiger partial charge in [-0.25, -0.2) is 4.79 Å². The number of piperidine rings is 1. The van der Waals surface area contributed by atoms with Crippen molar-refractivity contribution >= 4 is 12.0 Å². The van der Waals surface area contributed by atoms with Gasteiger partial charge >= 0.3 is 12.0 Å². The van der Waals surface area contributed by atoms with Crippen LogP contribution in [-0.2, 0) is 4.79 Å². The number of nitrogens with one attached hydrogen (secondary N) is 1. The van der Waals surface area contributed by atoms with E-state index in [-0.39, 0.29) is 11.9 Å². The van der Waals surface area contributed by atoms with Crippen LogP contribution in [0, 0.1) is 11.8 Å². The summed E-state index contributed by atoms with van der Waals surface area (Å²) in [7, 11) is 0. The van der Waals surface area contributed by atoms with Crippen molar-refractivity contribution in [1.29, 1.82) is 0 Å². The van der Waals surface area contributed by atoms with Gasteiger partial charge in [0.2, 0.25) is 0 Å². The van der Waals surface area contributed by atoms with Crippen LogP contribution in [0.2, 0.25) is 0 Å². The molecule has 1 fully saturated rings. The van der Waals surface area contributed by atoms with Gasteiger partial charge in [0.25, 0.3) is 0 Å². The topological polar surface area (TPSA) is 69.6 Å². The molecule has 0 aromatic rings. The van der Waals surface area contributed by atoms with Crippen molar-refractivity contribution in [3.05, 3.63) is 12.2 Å². The van der Waals surface area contributed by atoms with Crippen LogP contribution < -0.4 is 5.32 Å². The number of hydrogen-bond donors (Lipinski definition) is 2. The summed E-state index contributed by atoms with van der Waals surface area (Å²) in [6.45, 7) is 9.15. The molecule has 0 bridgehead atoms. The molecule has 5 nitrogen and oxygen atoms in total. The molecule has 1 aliphatic rings. The quantitative estimate of drug-likeness (QED) is 0.750. The van der Waals surface area contributed by atoms with E-state index in [0.29, 0.717) is 26.1 Å². The second kappa shape index (κ2) is 6.42. The summed E-state index contributed by atoms with van der Waals surface area (Å²) in [6, 6.07) is -0.192. The molecule has 2 unspecified atom stereocenters. The predicted molar refractivity (Wildman–Crippen MR) is 69.3 cm³/mol. The maximum Gasteiger partial charge on any atom is 0.317 e. The Hall–Kier alpha value is -1.52.